The van der Waals surface area contributed by atoms with Crippen LogP contribution in [-0.4, -0.2) is 4.98 Å². The molecule has 1 nitrogen and oxygen atoms in total. The third kappa shape index (κ3) is 21.3. The van der Waals surface area contributed by atoms with Gasteiger partial charge in [-0.15, -0.1) is 0 Å². The lowest BCUT2D eigenvalue weighted by molar-refractivity contribution is 0.737. The minimum atomic E-state index is 0. The molecule has 0 bridgehead atoms. The van der Waals surface area contributed by atoms with Crippen LogP contribution in [0.3, 0.4) is 0 Å². The van der Waals surface area contributed by atoms with Crippen LogP contribution in [0.15, 0.2) is 85.1 Å². The average Bonchev–Trinajstić information content (AvgIpc) is 3.24. The van der Waals surface area contributed by atoms with Crippen molar-refractivity contribution in [2.24, 2.45) is 5.92 Å². The molecule has 0 aliphatic carbocycles. The molecule has 0 radical (unpaired) electrons. The number of H-pyrrole nitrogens is 1. The molecule has 0 aliphatic heterocycles. The lowest BCUT2D eigenvalue weighted by atomic mass is 10.1. The number of rotatable bonds is 1. The van der Waals surface area contributed by atoms with E-state index in [0.29, 0.717) is 0 Å². The molecule has 34 heavy (non-hydrogen) atoms. The quantitative estimate of drug-likeness (QED) is 0.285. The van der Waals surface area contributed by atoms with Crippen molar-refractivity contribution in [2.45, 2.75) is 97.4 Å². The first-order valence-electron chi connectivity index (χ1n) is 11.5. The van der Waals surface area contributed by atoms with E-state index in [0.717, 1.165) is 5.92 Å². The van der Waals surface area contributed by atoms with Crippen molar-refractivity contribution in [3.05, 3.63) is 85.1 Å². The van der Waals surface area contributed by atoms with Crippen molar-refractivity contribution in [1.82, 2.24) is 4.98 Å². The molecule has 0 unspecified atom stereocenters. The minimum Gasteiger partial charge on any atom is -0.361 e. The van der Waals surface area contributed by atoms with E-state index < -0.39 is 0 Å². The van der Waals surface area contributed by atoms with Gasteiger partial charge < -0.3 is 4.98 Å². The topological polar surface area (TPSA) is 15.8 Å². The van der Waals surface area contributed by atoms with E-state index in [9.17, 15) is 0 Å². The smallest absolute Gasteiger partial charge is 0.0453 e. The Morgan fingerprint density at radius 2 is 0.824 bits per heavy atom. The third-order valence-corrected chi connectivity index (χ3v) is 3.62. The van der Waals surface area contributed by atoms with E-state index in [1.165, 1.54) is 40.9 Å². The van der Waals surface area contributed by atoms with Gasteiger partial charge in [-0.2, -0.15) is 0 Å². The average molecular weight is 470 g/mol. The number of benzene rings is 3. The summed E-state index contributed by atoms with van der Waals surface area (Å²) in [6.45, 7) is 15.1. The fraction of sp³-hybridized carbons (Fsp3) is 0.455. The van der Waals surface area contributed by atoms with Crippen molar-refractivity contribution in [3.63, 3.8) is 0 Å². The number of hydrogen-bond acceptors (Lipinski definition) is 0. The molecule has 3 aromatic carbocycles. The Morgan fingerprint density at radius 1 is 0.529 bits per heavy atom. The van der Waals surface area contributed by atoms with Crippen LogP contribution in [0.2, 0.25) is 0 Å². The van der Waals surface area contributed by atoms with E-state index in [1.807, 2.05) is 18.3 Å². The van der Waals surface area contributed by atoms with Crippen LogP contribution in [0.5, 0.6) is 0 Å². The largest absolute Gasteiger partial charge is 0.361 e. The first-order valence-corrected chi connectivity index (χ1v) is 11.5. The molecular formula is C33H59N. The van der Waals surface area contributed by atoms with Crippen LogP contribution in [0, 0.1) is 5.92 Å². The summed E-state index contributed by atoms with van der Waals surface area (Å²) in [5.41, 5.74) is 1.21. The van der Waals surface area contributed by atoms with Gasteiger partial charge in [0.05, 0.1) is 0 Å². The van der Waals surface area contributed by atoms with E-state index in [4.69, 9.17) is 0 Å². The molecular weight excluding hydrogens is 410 g/mol. The fourth-order valence-electron chi connectivity index (χ4n) is 2.13. The van der Waals surface area contributed by atoms with Crippen LogP contribution in [0.25, 0.3) is 21.7 Å². The zero-order valence-corrected chi connectivity index (χ0v) is 20.3. The Balaban J connectivity index is -0.000000109. The fourth-order valence-corrected chi connectivity index (χ4v) is 2.13. The molecule has 0 aliphatic rings. The van der Waals surface area contributed by atoms with Gasteiger partial charge in [0.15, 0.2) is 0 Å². The summed E-state index contributed by atoms with van der Waals surface area (Å²) in [4.78, 5) is 3.12. The van der Waals surface area contributed by atoms with Gasteiger partial charge in [-0.25, -0.2) is 0 Å². The molecule has 0 amide bonds. The van der Waals surface area contributed by atoms with E-state index in [1.54, 1.807) is 0 Å². The highest BCUT2D eigenvalue weighted by molar-refractivity contribution is 5.82. The molecule has 0 saturated carbocycles. The Morgan fingerprint density at radius 3 is 1.12 bits per heavy atom. The second kappa shape index (κ2) is 28.5. The highest BCUT2D eigenvalue weighted by Gasteiger charge is 1.87. The number of para-hydroxylation sites is 1. The maximum absolute atomic E-state index is 3.12. The molecule has 1 aromatic heterocycles. The SMILES string of the molecule is C.C.C.C.CC(C)C.CCC.CCCC.c1ccc2[nH]ccc2c1.c1ccc2ccccc2c1. The number of aromatic nitrogens is 1. The zero-order valence-electron chi connectivity index (χ0n) is 20.3. The summed E-state index contributed by atoms with van der Waals surface area (Å²) in [6, 6.07) is 27.0. The number of hydrogen-bond donors (Lipinski definition) is 1. The zero-order chi connectivity index (χ0) is 22.6. The summed E-state index contributed by atoms with van der Waals surface area (Å²) in [6.07, 6.45) is 5.84. The third-order valence-electron chi connectivity index (χ3n) is 3.62. The molecule has 196 valence electrons. The molecule has 1 heterocycles. The summed E-state index contributed by atoms with van der Waals surface area (Å²) < 4.78 is 0. The van der Waals surface area contributed by atoms with Crippen LogP contribution in [0.1, 0.15) is 97.4 Å². The van der Waals surface area contributed by atoms with Crippen molar-refractivity contribution in [2.75, 3.05) is 0 Å². The van der Waals surface area contributed by atoms with Crippen LogP contribution in [0.4, 0.5) is 0 Å². The highest BCUT2D eigenvalue weighted by Crippen LogP contribution is 2.11. The lowest BCUT2D eigenvalue weighted by Crippen LogP contribution is -1.67. The number of nitrogens with one attached hydrogen (secondary N) is 1. The minimum absolute atomic E-state index is 0. The second-order valence-corrected chi connectivity index (χ2v) is 7.85. The lowest BCUT2D eigenvalue weighted by Gasteiger charge is -1.92. The molecule has 1 heteroatoms. The summed E-state index contributed by atoms with van der Waals surface area (Å²) in [5, 5.41) is 3.90. The second-order valence-electron chi connectivity index (χ2n) is 7.85. The predicted octanol–water partition coefficient (Wildman–Crippen LogP) is 12.4. The molecule has 0 saturated heterocycles. The van der Waals surface area contributed by atoms with Crippen molar-refractivity contribution in [3.8, 4) is 0 Å². The van der Waals surface area contributed by atoms with Gasteiger partial charge in [-0.1, -0.05) is 164 Å². The van der Waals surface area contributed by atoms with Gasteiger partial charge in [0.1, 0.15) is 0 Å². The highest BCUT2D eigenvalue weighted by atomic mass is 14.7. The summed E-state index contributed by atoms with van der Waals surface area (Å²) in [7, 11) is 0. The van der Waals surface area contributed by atoms with Gasteiger partial charge in [0, 0.05) is 11.7 Å². The van der Waals surface area contributed by atoms with Crippen molar-refractivity contribution in [1.29, 1.82) is 0 Å². The number of aromatic amines is 1. The Kier molecular flexibility index (Phi) is 34.9. The standard InChI is InChI=1S/C10H8.C8H7N.2C4H10.C3H8.4CH4/c1-2-6-10-8-4-3-7-9(10)5-1;1-2-4-8-7(3-1)5-6-9-8;1-4(2)3;1-3-4-2;1-3-2;;;;/h1-8H;1-6,9H;4H,1-3H3;3-4H2,1-2H3;3H2,1-2H3;4*1H4. The molecule has 4 rings (SSSR count). The van der Waals surface area contributed by atoms with Gasteiger partial charge in [-0.3, -0.25) is 0 Å². The molecule has 0 atom stereocenters. The Labute approximate surface area is 215 Å². The van der Waals surface area contributed by atoms with Crippen LogP contribution >= 0.6 is 0 Å². The monoisotopic (exact) mass is 469 g/mol. The first kappa shape index (κ1) is 41.7. The van der Waals surface area contributed by atoms with E-state index in [-0.39, 0.29) is 29.7 Å². The maximum atomic E-state index is 3.12. The van der Waals surface area contributed by atoms with Crippen LogP contribution < -0.4 is 0 Å². The van der Waals surface area contributed by atoms with Gasteiger partial charge in [0.2, 0.25) is 0 Å². The molecule has 0 fully saturated rings. The molecule has 4 aromatic rings. The van der Waals surface area contributed by atoms with Gasteiger partial charge in [-0.05, 0) is 34.2 Å². The Bertz CT molecular complexity index is 773. The van der Waals surface area contributed by atoms with Crippen molar-refractivity contribution < 1.29 is 0 Å². The van der Waals surface area contributed by atoms with E-state index in [2.05, 4.69) is 120 Å². The normalized spacial score (nSPS) is 8.12. The summed E-state index contributed by atoms with van der Waals surface area (Å²) >= 11 is 0. The summed E-state index contributed by atoms with van der Waals surface area (Å²) in [5.74, 6) is 0.833. The van der Waals surface area contributed by atoms with Crippen molar-refractivity contribution >= 4 is 21.7 Å². The maximum Gasteiger partial charge on any atom is 0.0453 e. The first-order chi connectivity index (χ1) is 14.5. The molecule has 1 N–H and O–H groups in total. The number of unbranched alkanes of at least 4 members (excludes halogenated alkanes) is 1. The molecule has 0 spiro atoms. The van der Waals surface area contributed by atoms with Gasteiger partial charge in [0.25, 0.3) is 0 Å². The Hall–Kier alpha value is -2.54. The van der Waals surface area contributed by atoms with Crippen LogP contribution in [-0.2, 0) is 0 Å². The predicted molar refractivity (Wildman–Crippen MR) is 166 cm³/mol. The van der Waals surface area contributed by atoms with E-state index >= 15 is 0 Å². The number of fused-ring (bicyclic) bond motifs is 2. The van der Waals surface area contributed by atoms with Gasteiger partial charge >= 0.3 is 0 Å².